The Bertz CT molecular complexity index is 1470. The van der Waals surface area contributed by atoms with Crippen LogP contribution in [-0.4, -0.2) is 70.2 Å². The van der Waals surface area contributed by atoms with E-state index in [0.29, 0.717) is 37.6 Å². The number of nitrogens with zero attached hydrogens (tertiary/aromatic N) is 3. The Morgan fingerprint density at radius 1 is 1.08 bits per heavy atom. The molecule has 5 rings (SSSR count). The molecule has 12 heteroatoms. The second-order valence-corrected chi connectivity index (χ2v) is 10.6. The van der Waals surface area contributed by atoms with Gasteiger partial charge in [0, 0.05) is 45.9 Å². The number of nitrogens with one attached hydrogen (secondary N) is 1. The van der Waals surface area contributed by atoms with Crippen LogP contribution in [0.4, 0.5) is 14.9 Å². The molecule has 3 aromatic rings. The van der Waals surface area contributed by atoms with Crippen molar-refractivity contribution in [1.29, 1.82) is 0 Å². The van der Waals surface area contributed by atoms with E-state index in [1.165, 1.54) is 24.3 Å². The SMILES string of the molecule is O=C(CN1C(=O)S/C(=C\c2cn(CC(=O)N3CCOCC3)c3ccc(Br)cc23)C1=O)Nc1ccc(F)cc1. The summed E-state index contributed by atoms with van der Waals surface area (Å²) in [6, 6.07) is 10.8. The number of morpholine rings is 1. The van der Waals surface area contributed by atoms with Crippen LogP contribution in [0.25, 0.3) is 17.0 Å². The largest absolute Gasteiger partial charge is 0.378 e. The molecule has 9 nitrogen and oxygen atoms in total. The van der Waals surface area contributed by atoms with Gasteiger partial charge in [-0.15, -0.1) is 0 Å². The number of rotatable bonds is 6. The van der Waals surface area contributed by atoms with Crippen molar-refractivity contribution in [3.63, 3.8) is 0 Å². The van der Waals surface area contributed by atoms with Gasteiger partial charge < -0.3 is 19.5 Å². The average molecular weight is 601 g/mol. The molecular formula is C26H22BrFN4O5S. The smallest absolute Gasteiger partial charge is 0.294 e. The number of hydrogen-bond acceptors (Lipinski definition) is 6. The highest BCUT2D eigenvalue weighted by Gasteiger charge is 2.36. The number of carbonyl (C=O) groups excluding carboxylic acids is 4. The molecule has 196 valence electrons. The van der Waals surface area contributed by atoms with Crippen molar-refractivity contribution >= 4 is 73.3 Å². The van der Waals surface area contributed by atoms with Crippen LogP contribution >= 0.6 is 27.7 Å². The fraction of sp³-hybridized carbons (Fsp3) is 0.231. The molecule has 0 radical (unpaired) electrons. The highest BCUT2D eigenvalue weighted by Crippen LogP contribution is 2.35. The van der Waals surface area contributed by atoms with E-state index in [2.05, 4.69) is 21.2 Å². The van der Waals surface area contributed by atoms with Crippen molar-refractivity contribution in [3.8, 4) is 0 Å². The van der Waals surface area contributed by atoms with E-state index in [4.69, 9.17) is 4.74 Å². The van der Waals surface area contributed by atoms with Gasteiger partial charge in [-0.1, -0.05) is 15.9 Å². The van der Waals surface area contributed by atoms with Gasteiger partial charge >= 0.3 is 0 Å². The number of fused-ring (bicyclic) bond motifs is 1. The number of halogens is 2. The van der Waals surface area contributed by atoms with Gasteiger partial charge in [-0.25, -0.2) is 4.39 Å². The van der Waals surface area contributed by atoms with Crippen molar-refractivity contribution < 1.29 is 28.3 Å². The fourth-order valence-corrected chi connectivity index (χ4v) is 5.45. The van der Waals surface area contributed by atoms with E-state index in [1.54, 1.807) is 17.2 Å². The number of ether oxygens (including phenoxy) is 1. The van der Waals surface area contributed by atoms with Gasteiger partial charge in [0.25, 0.3) is 11.1 Å². The monoisotopic (exact) mass is 600 g/mol. The Labute approximate surface area is 229 Å². The van der Waals surface area contributed by atoms with Crippen molar-refractivity contribution in [2.75, 3.05) is 38.2 Å². The molecule has 2 fully saturated rings. The molecule has 0 spiro atoms. The molecule has 2 aliphatic rings. The van der Waals surface area contributed by atoms with Crippen molar-refractivity contribution in [1.82, 2.24) is 14.4 Å². The fourth-order valence-electron chi connectivity index (χ4n) is 4.26. The Hall–Kier alpha value is -3.48. The third kappa shape index (κ3) is 5.66. The van der Waals surface area contributed by atoms with E-state index in [1.807, 2.05) is 22.8 Å². The zero-order valence-corrected chi connectivity index (χ0v) is 22.4. The maximum atomic E-state index is 13.1. The molecule has 4 amide bonds. The lowest BCUT2D eigenvalue weighted by atomic mass is 10.1. The van der Waals surface area contributed by atoms with E-state index in [0.717, 1.165) is 32.0 Å². The van der Waals surface area contributed by atoms with Gasteiger partial charge in [0.05, 0.1) is 18.1 Å². The van der Waals surface area contributed by atoms with Gasteiger partial charge in [0.1, 0.15) is 18.9 Å². The number of carbonyl (C=O) groups is 4. The summed E-state index contributed by atoms with van der Waals surface area (Å²) in [4.78, 5) is 53.7. The molecule has 38 heavy (non-hydrogen) atoms. The minimum Gasteiger partial charge on any atom is -0.378 e. The Kier molecular flexibility index (Phi) is 7.63. The minimum absolute atomic E-state index is 0.0350. The maximum Gasteiger partial charge on any atom is 0.294 e. The lowest BCUT2D eigenvalue weighted by Gasteiger charge is -2.27. The normalized spacial score (nSPS) is 17.1. The predicted octanol–water partition coefficient (Wildman–Crippen LogP) is 4.08. The first kappa shape index (κ1) is 26.1. The molecule has 0 bridgehead atoms. The standard InChI is InChI=1S/C26H22BrFN4O5S/c27-17-1-6-21-20(12-17)16(13-31(21)15-24(34)30-7-9-37-10-8-30)11-22-25(35)32(26(36)38-22)14-23(33)29-19-4-2-18(28)3-5-19/h1-6,11-13H,7-10,14-15H2,(H,29,33)/b22-11-. The van der Waals surface area contributed by atoms with Crippen LogP contribution in [0.3, 0.4) is 0 Å². The first-order chi connectivity index (χ1) is 18.3. The first-order valence-electron chi connectivity index (χ1n) is 11.7. The summed E-state index contributed by atoms with van der Waals surface area (Å²) in [5, 5.41) is 2.78. The Morgan fingerprint density at radius 3 is 2.55 bits per heavy atom. The lowest BCUT2D eigenvalue weighted by molar-refractivity contribution is -0.135. The summed E-state index contributed by atoms with van der Waals surface area (Å²) in [5.41, 5.74) is 1.82. The first-order valence-corrected chi connectivity index (χ1v) is 13.3. The van der Waals surface area contributed by atoms with Gasteiger partial charge in [0.15, 0.2) is 0 Å². The average Bonchev–Trinajstić information content (AvgIpc) is 3.36. The van der Waals surface area contributed by atoms with E-state index in [9.17, 15) is 23.6 Å². The van der Waals surface area contributed by atoms with E-state index in [-0.39, 0.29) is 17.4 Å². The van der Waals surface area contributed by atoms with Gasteiger partial charge in [-0.05, 0) is 60.3 Å². The van der Waals surface area contributed by atoms with Crippen LogP contribution in [-0.2, 0) is 25.7 Å². The number of thioether (sulfide) groups is 1. The molecule has 1 N–H and O–H groups in total. The number of anilines is 1. The van der Waals surface area contributed by atoms with Crippen molar-refractivity contribution in [2.24, 2.45) is 0 Å². The van der Waals surface area contributed by atoms with Crippen molar-refractivity contribution in [2.45, 2.75) is 6.54 Å². The highest BCUT2D eigenvalue weighted by molar-refractivity contribution is 9.10. The number of imide groups is 1. The molecule has 0 aliphatic carbocycles. The minimum atomic E-state index is -0.588. The third-order valence-corrected chi connectivity index (χ3v) is 7.53. The zero-order chi connectivity index (χ0) is 26.8. The summed E-state index contributed by atoms with van der Waals surface area (Å²) in [6.07, 6.45) is 3.39. The summed E-state index contributed by atoms with van der Waals surface area (Å²) < 4.78 is 21.1. The highest BCUT2D eigenvalue weighted by atomic mass is 79.9. The molecule has 3 heterocycles. The second kappa shape index (κ2) is 11.1. The third-order valence-electron chi connectivity index (χ3n) is 6.13. The quantitative estimate of drug-likeness (QED) is 0.428. The van der Waals surface area contributed by atoms with E-state index >= 15 is 0 Å². The predicted molar refractivity (Wildman–Crippen MR) is 145 cm³/mol. The van der Waals surface area contributed by atoms with Crippen LogP contribution in [0.2, 0.25) is 0 Å². The number of benzene rings is 2. The Morgan fingerprint density at radius 2 is 1.82 bits per heavy atom. The Balaban J connectivity index is 1.36. The summed E-state index contributed by atoms with van der Waals surface area (Å²) in [7, 11) is 0. The number of amides is 4. The van der Waals surface area contributed by atoms with Gasteiger partial charge in [-0.2, -0.15) is 0 Å². The molecule has 1 aromatic heterocycles. The van der Waals surface area contributed by atoms with Crippen LogP contribution in [0.15, 0.2) is 58.0 Å². The van der Waals surface area contributed by atoms with Crippen LogP contribution in [0.1, 0.15) is 5.56 Å². The summed E-state index contributed by atoms with van der Waals surface area (Å²) >= 11 is 4.22. The summed E-state index contributed by atoms with van der Waals surface area (Å²) in [5.74, 6) is -1.65. The second-order valence-electron chi connectivity index (χ2n) is 8.69. The van der Waals surface area contributed by atoms with Gasteiger partial charge in [0.2, 0.25) is 11.8 Å². The van der Waals surface area contributed by atoms with Crippen LogP contribution in [0.5, 0.6) is 0 Å². The molecule has 0 saturated carbocycles. The molecule has 2 aliphatic heterocycles. The molecule has 0 atom stereocenters. The zero-order valence-electron chi connectivity index (χ0n) is 20.0. The van der Waals surface area contributed by atoms with E-state index < -0.39 is 29.4 Å². The topological polar surface area (TPSA) is 101 Å². The van der Waals surface area contributed by atoms with Crippen molar-refractivity contribution in [3.05, 3.63) is 69.4 Å². The molecule has 2 aromatic carbocycles. The lowest BCUT2D eigenvalue weighted by Crippen LogP contribution is -2.42. The maximum absolute atomic E-state index is 13.1. The van der Waals surface area contributed by atoms with Crippen LogP contribution < -0.4 is 5.32 Å². The summed E-state index contributed by atoms with van der Waals surface area (Å²) in [6.45, 7) is 1.75. The van der Waals surface area contributed by atoms with Crippen LogP contribution in [0, 0.1) is 5.82 Å². The van der Waals surface area contributed by atoms with Gasteiger partial charge in [-0.3, -0.25) is 24.1 Å². The molecular weight excluding hydrogens is 579 g/mol. The molecule has 2 saturated heterocycles. The number of hydrogen-bond donors (Lipinski definition) is 1. The molecule has 0 unspecified atom stereocenters. The number of aromatic nitrogens is 1.